The number of rotatable bonds is 3. The molecule has 0 fully saturated rings. The summed E-state index contributed by atoms with van der Waals surface area (Å²) in [6, 6.07) is 7.47. The molecular formula is C12H14FNS. The Labute approximate surface area is 92.9 Å². The first-order valence-corrected chi connectivity index (χ1v) is 5.88. The van der Waals surface area contributed by atoms with Gasteiger partial charge in [0.1, 0.15) is 5.82 Å². The Kier molecular flexibility index (Phi) is 3.03. The Morgan fingerprint density at radius 1 is 1.33 bits per heavy atom. The van der Waals surface area contributed by atoms with Crippen molar-refractivity contribution in [1.82, 2.24) is 5.32 Å². The van der Waals surface area contributed by atoms with Crippen LogP contribution in [0.5, 0.6) is 0 Å². The lowest BCUT2D eigenvalue weighted by molar-refractivity contribution is 0.593. The summed E-state index contributed by atoms with van der Waals surface area (Å²) in [7, 11) is 0. The molecule has 1 aromatic carbocycles. The zero-order valence-corrected chi connectivity index (χ0v) is 9.70. The maximum absolute atomic E-state index is 12.9. The Morgan fingerprint density at radius 2 is 2.13 bits per heavy atom. The van der Waals surface area contributed by atoms with Crippen molar-refractivity contribution in [3.63, 3.8) is 0 Å². The third-order valence-electron chi connectivity index (χ3n) is 2.21. The average molecular weight is 223 g/mol. The molecule has 0 radical (unpaired) electrons. The van der Waals surface area contributed by atoms with Crippen LogP contribution in [0.25, 0.3) is 10.1 Å². The highest BCUT2D eigenvalue weighted by atomic mass is 32.1. The Hall–Kier alpha value is -0.930. The second kappa shape index (κ2) is 4.29. The number of nitrogens with one attached hydrogen (secondary N) is 1. The fourth-order valence-corrected chi connectivity index (χ4v) is 2.46. The number of fused-ring (bicyclic) bond motifs is 1. The molecule has 0 bridgehead atoms. The van der Waals surface area contributed by atoms with Crippen molar-refractivity contribution in [3.8, 4) is 0 Å². The van der Waals surface area contributed by atoms with E-state index in [1.807, 2.05) is 6.07 Å². The minimum absolute atomic E-state index is 0.163. The Morgan fingerprint density at radius 3 is 2.87 bits per heavy atom. The number of hydrogen-bond donors (Lipinski definition) is 1. The number of thiophene rings is 1. The average Bonchev–Trinajstić information content (AvgIpc) is 2.56. The van der Waals surface area contributed by atoms with E-state index in [4.69, 9.17) is 0 Å². The van der Waals surface area contributed by atoms with E-state index in [0.29, 0.717) is 6.04 Å². The molecule has 15 heavy (non-hydrogen) atoms. The second-order valence-electron chi connectivity index (χ2n) is 3.93. The molecule has 0 atom stereocenters. The molecule has 0 aliphatic carbocycles. The maximum atomic E-state index is 12.9. The minimum Gasteiger partial charge on any atom is -0.310 e. The van der Waals surface area contributed by atoms with E-state index in [1.54, 1.807) is 17.4 Å². The highest BCUT2D eigenvalue weighted by molar-refractivity contribution is 7.19. The lowest BCUT2D eigenvalue weighted by atomic mass is 10.2. The summed E-state index contributed by atoms with van der Waals surface area (Å²) in [4.78, 5) is 1.25. The zero-order chi connectivity index (χ0) is 10.8. The Balaban J connectivity index is 2.23. The van der Waals surface area contributed by atoms with Gasteiger partial charge in [-0.3, -0.25) is 0 Å². The SMILES string of the molecule is CC(C)NCc1cc2cc(F)ccc2s1. The van der Waals surface area contributed by atoms with Crippen LogP contribution in [0.4, 0.5) is 4.39 Å². The first-order valence-electron chi connectivity index (χ1n) is 5.06. The van der Waals surface area contributed by atoms with Crippen LogP contribution >= 0.6 is 11.3 Å². The second-order valence-corrected chi connectivity index (χ2v) is 5.10. The molecule has 2 rings (SSSR count). The van der Waals surface area contributed by atoms with E-state index in [2.05, 4.69) is 25.2 Å². The number of benzene rings is 1. The Bertz CT molecular complexity index is 462. The molecule has 0 saturated heterocycles. The number of halogens is 1. The normalized spacial score (nSPS) is 11.5. The molecule has 1 heterocycles. The molecule has 2 aromatic rings. The lowest BCUT2D eigenvalue weighted by Crippen LogP contribution is -2.21. The van der Waals surface area contributed by atoms with Gasteiger partial charge >= 0.3 is 0 Å². The molecule has 0 amide bonds. The van der Waals surface area contributed by atoms with Crippen LogP contribution in [0, 0.1) is 5.82 Å². The van der Waals surface area contributed by atoms with Gasteiger partial charge in [0.25, 0.3) is 0 Å². The molecule has 0 unspecified atom stereocenters. The molecule has 1 aromatic heterocycles. The van der Waals surface area contributed by atoms with Gasteiger partial charge in [-0.1, -0.05) is 13.8 Å². The molecule has 0 saturated carbocycles. The quantitative estimate of drug-likeness (QED) is 0.839. The molecule has 3 heteroatoms. The third-order valence-corrected chi connectivity index (χ3v) is 3.33. The van der Waals surface area contributed by atoms with E-state index in [1.165, 1.54) is 10.9 Å². The summed E-state index contributed by atoms with van der Waals surface area (Å²) in [5.41, 5.74) is 0. The topological polar surface area (TPSA) is 12.0 Å². The van der Waals surface area contributed by atoms with Crippen LogP contribution in [-0.4, -0.2) is 6.04 Å². The smallest absolute Gasteiger partial charge is 0.123 e. The van der Waals surface area contributed by atoms with Crippen LogP contribution in [-0.2, 0) is 6.54 Å². The van der Waals surface area contributed by atoms with Gasteiger partial charge in [0.05, 0.1) is 0 Å². The molecule has 0 spiro atoms. The van der Waals surface area contributed by atoms with Crippen LogP contribution in [0.1, 0.15) is 18.7 Å². The number of hydrogen-bond acceptors (Lipinski definition) is 2. The molecule has 0 aliphatic rings. The summed E-state index contributed by atoms with van der Waals surface area (Å²) in [5.74, 6) is -0.163. The summed E-state index contributed by atoms with van der Waals surface area (Å²) in [5, 5.41) is 4.35. The van der Waals surface area contributed by atoms with Gasteiger partial charge < -0.3 is 5.32 Å². The highest BCUT2D eigenvalue weighted by Gasteiger charge is 2.03. The fraction of sp³-hybridized carbons (Fsp3) is 0.333. The van der Waals surface area contributed by atoms with E-state index < -0.39 is 0 Å². The zero-order valence-electron chi connectivity index (χ0n) is 8.88. The largest absolute Gasteiger partial charge is 0.310 e. The van der Waals surface area contributed by atoms with Crippen LogP contribution in [0.3, 0.4) is 0 Å². The highest BCUT2D eigenvalue weighted by Crippen LogP contribution is 2.26. The summed E-state index contributed by atoms with van der Waals surface area (Å²) < 4.78 is 14.1. The van der Waals surface area contributed by atoms with Crippen molar-refractivity contribution in [2.75, 3.05) is 0 Å². The van der Waals surface area contributed by atoms with Crippen molar-refractivity contribution in [1.29, 1.82) is 0 Å². The first kappa shape index (κ1) is 10.6. The van der Waals surface area contributed by atoms with E-state index in [9.17, 15) is 4.39 Å². The van der Waals surface area contributed by atoms with Gasteiger partial charge in [-0.2, -0.15) is 0 Å². The maximum Gasteiger partial charge on any atom is 0.123 e. The van der Waals surface area contributed by atoms with Gasteiger partial charge in [-0.15, -0.1) is 11.3 Å². The van der Waals surface area contributed by atoms with Crippen LogP contribution in [0.15, 0.2) is 24.3 Å². The third kappa shape index (κ3) is 2.55. The molecule has 1 N–H and O–H groups in total. The van der Waals surface area contributed by atoms with Gasteiger partial charge in [0.15, 0.2) is 0 Å². The molecule has 0 aliphatic heterocycles. The van der Waals surface area contributed by atoms with Gasteiger partial charge in [0, 0.05) is 22.2 Å². The fourth-order valence-electron chi connectivity index (χ4n) is 1.46. The van der Waals surface area contributed by atoms with E-state index >= 15 is 0 Å². The molecular weight excluding hydrogens is 209 g/mol. The molecule has 80 valence electrons. The van der Waals surface area contributed by atoms with Crippen molar-refractivity contribution < 1.29 is 4.39 Å². The summed E-state index contributed by atoms with van der Waals surface area (Å²) >= 11 is 1.72. The van der Waals surface area contributed by atoms with Crippen molar-refractivity contribution in [2.45, 2.75) is 26.4 Å². The minimum atomic E-state index is -0.163. The molecule has 1 nitrogen and oxygen atoms in total. The standard InChI is InChI=1S/C12H14FNS/c1-8(2)14-7-11-6-9-5-10(13)3-4-12(9)15-11/h3-6,8,14H,7H2,1-2H3. The van der Waals surface area contributed by atoms with Gasteiger partial charge in [-0.05, 0) is 29.7 Å². The van der Waals surface area contributed by atoms with Gasteiger partial charge in [-0.25, -0.2) is 4.39 Å². The van der Waals surface area contributed by atoms with Gasteiger partial charge in [0.2, 0.25) is 0 Å². The summed E-state index contributed by atoms with van der Waals surface area (Å²) in [6.07, 6.45) is 0. The van der Waals surface area contributed by atoms with E-state index in [-0.39, 0.29) is 5.82 Å². The van der Waals surface area contributed by atoms with Crippen molar-refractivity contribution >= 4 is 21.4 Å². The van der Waals surface area contributed by atoms with Crippen molar-refractivity contribution in [2.24, 2.45) is 0 Å². The first-order chi connectivity index (χ1) is 7.15. The monoisotopic (exact) mass is 223 g/mol. The van der Waals surface area contributed by atoms with Crippen LogP contribution in [0.2, 0.25) is 0 Å². The van der Waals surface area contributed by atoms with E-state index in [0.717, 1.165) is 16.6 Å². The predicted molar refractivity (Wildman–Crippen MR) is 63.8 cm³/mol. The van der Waals surface area contributed by atoms with Crippen LogP contribution < -0.4 is 5.32 Å². The van der Waals surface area contributed by atoms with Crippen molar-refractivity contribution in [3.05, 3.63) is 35.0 Å². The summed E-state index contributed by atoms with van der Waals surface area (Å²) in [6.45, 7) is 5.10. The predicted octanol–water partition coefficient (Wildman–Crippen LogP) is 3.54. The lowest BCUT2D eigenvalue weighted by Gasteiger charge is -2.04.